The Kier molecular flexibility index (Phi) is 31.3. The van der Waals surface area contributed by atoms with Crippen LogP contribution in [-0.4, -0.2) is 149 Å². The monoisotopic (exact) mass is 1410 g/mol. The number of hydrogen-bond acceptors (Lipinski definition) is 16. The molecule has 0 aromatic heterocycles. The van der Waals surface area contributed by atoms with Crippen molar-refractivity contribution in [2.75, 3.05) is 20.8 Å². The summed E-state index contributed by atoms with van der Waals surface area (Å²) in [7, 11) is -7.25. The normalized spacial score (nSPS) is 22.8. The molecule has 0 radical (unpaired) electrons. The maximum Gasteiger partial charge on any atom is 0.506 e. The summed E-state index contributed by atoms with van der Waals surface area (Å²) in [6, 6.07) is 23.8. The highest BCUT2D eigenvalue weighted by molar-refractivity contribution is 6.99. The first-order valence-corrected chi connectivity index (χ1v) is 46.3. The quantitative estimate of drug-likeness (QED) is 0.0121. The first-order chi connectivity index (χ1) is 44.6. The van der Waals surface area contributed by atoms with E-state index in [1.807, 2.05) is 50.2 Å². The molecule has 2 aromatic rings. The maximum atomic E-state index is 15.7. The molecule has 0 saturated carbocycles. The van der Waals surface area contributed by atoms with Gasteiger partial charge in [-0.15, -0.1) is 6.58 Å². The number of ether oxygens (including phenoxy) is 7. The molecular weight excluding hydrogens is 1290 g/mol. The Morgan fingerprint density at radius 1 is 0.729 bits per heavy atom. The van der Waals surface area contributed by atoms with Gasteiger partial charge < -0.3 is 56.6 Å². The maximum absolute atomic E-state index is 15.7. The average Bonchev–Trinajstić information content (AvgIpc) is 0.754. The molecule has 2 fully saturated rings. The lowest BCUT2D eigenvalue weighted by Crippen LogP contribution is -2.68. The van der Waals surface area contributed by atoms with E-state index in [1.165, 1.54) is 25.3 Å². The van der Waals surface area contributed by atoms with Crippen molar-refractivity contribution < 1.29 is 80.6 Å². The first-order valence-electron chi connectivity index (χ1n) is 35.2. The van der Waals surface area contributed by atoms with Gasteiger partial charge in [0.2, 0.25) is 5.79 Å². The number of carbonyl (C=O) groups is 5. The molecule has 4 rings (SSSR count). The number of carbonyl (C=O) groups excluding carboxylic acids is 4. The Hall–Kier alpha value is -4.40. The van der Waals surface area contributed by atoms with Crippen LogP contribution in [0.2, 0.25) is 67.0 Å². The Labute approximate surface area is 581 Å². The average molecular weight is 1410 g/mol. The number of unbranched alkanes of at least 4 members (excludes halogenated alkanes) is 4. The van der Waals surface area contributed by atoms with E-state index in [4.69, 9.17) is 46.4 Å². The second-order valence-electron chi connectivity index (χ2n) is 31.8. The number of aldehydes is 1. The minimum absolute atomic E-state index is 0.0536. The van der Waals surface area contributed by atoms with Crippen LogP contribution in [0.5, 0.6) is 0 Å². The molecule has 0 bridgehead atoms. The van der Waals surface area contributed by atoms with Gasteiger partial charge in [-0.2, -0.15) is 0 Å². The number of aliphatic hydroxyl groups is 1. The molecule has 2 N–H and O–H groups in total. The summed E-state index contributed by atoms with van der Waals surface area (Å²) >= 11 is 0. The van der Waals surface area contributed by atoms with Crippen molar-refractivity contribution in [1.82, 2.24) is 0 Å². The number of esters is 3. The van der Waals surface area contributed by atoms with Gasteiger partial charge in [-0.05, 0) is 95.1 Å². The number of hydrogen-bond donors (Lipinski definition) is 2. The Bertz CT molecular complexity index is 2820. The van der Waals surface area contributed by atoms with Gasteiger partial charge >= 0.3 is 24.1 Å². The molecule has 2 aliphatic rings. The molecule has 9 atom stereocenters. The van der Waals surface area contributed by atoms with Crippen LogP contribution in [0, 0.1) is 10.8 Å². The van der Waals surface area contributed by atoms with Crippen LogP contribution in [0.15, 0.2) is 96.6 Å². The van der Waals surface area contributed by atoms with Crippen molar-refractivity contribution in [2.24, 2.45) is 10.8 Å². The van der Waals surface area contributed by atoms with Gasteiger partial charge in [0, 0.05) is 52.4 Å². The van der Waals surface area contributed by atoms with Gasteiger partial charge in [-0.3, -0.25) is 14.4 Å². The van der Waals surface area contributed by atoms with E-state index in [0.29, 0.717) is 19.1 Å². The molecule has 17 nitrogen and oxygen atoms in total. The molecule has 2 aromatic carbocycles. The van der Waals surface area contributed by atoms with E-state index >= 15 is 4.79 Å². The van der Waals surface area contributed by atoms with Crippen LogP contribution < -0.4 is 10.4 Å². The molecule has 0 aliphatic carbocycles. The van der Waals surface area contributed by atoms with Gasteiger partial charge in [0.05, 0.1) is 50.0 Å². The van der Waals surface area contributed by atoms with E-state index in [9.17, 15) is 29.4 Å². The summed E-state index contributed by atoms with van der Waals surface area (Å²) in [5.41, 5.74) is -1.26. The molecular formula is C75H124O17Si4. The van der Waals surface area contributed by atoms with Crippen LogP contribution in [0.25, 0.3) is 0 Å². The lowest BCUT2D eigenvalue weighted by atomic mass is 9.70. The first kappa shape index (κ1) is 84.0. The molecule has 21 heteroatoms. The van der Waals surface area contributed by atoms with Crippen molar-refractivity contribution in [1.29, 1.82) is 0 Å². The second kappa shape index (κ2) is 35.8. The fraction of sp³-hybridized carbons (Fsp3) is 0.693. The van der Waals surface area contributed by atoms with Crippen LogP contribution >= 0.6 is 0 Å². The fourth-order valence-corrected chi connectivity index (χ4v) is 24.0. The lowest BCUT2D eigenvalue weighted by Gasteiger charge is -2.55. The molecule has 0 amide bonds. The summed E-state index contributed by atoms with van der Waals surface area (Å²) < 4.78 is 67.5. The Morgan fingerprint density at radius 3 is 1.80 bits per heavy atom. The third kappa shape index (κ3) is 22.3. The van der Waals surface area contributed by atoms with Crippen LogP contribution in [-0.2, 0) is 65.6 Å². The smallest absolute Gasteiger partial charge is 0.466 e. The highest BCUT2D eigenvalue weighted by atomic mass is 28.4. The number of carboxylic acid groups (broad SMARTS) is 1. The summed E-state index contributed by atoms with van der Waals surface area (Å²) in [5, 5.41) is 24.8. The summed E-state index contributed by atoms with van der Waals surface area (Å²) in [4.78, 5) is 67.9. The lowest BCUT2D eigenvalue weighted by molar-refractivity contribution is -0.355. The van der Waals surface area contributed by atoms with Crippen molar-refractivity contribution in [2.45, 2.75) is 302 Å². The Balaban J connectivity index is 1.99. The summed E-state index contributed by atoms with van der Waals surface area (Å²) in [6.45, 7) is 44.3. The standard InChI is InChI=1S/C75H124O17Si4/c1-23-27-28-29-36-42-65(77)88-68-56(47-66(78)83-16)46-57(90-75(68,82)72(12,13)43-37-44-76)49-61(53-85-94(21,22)70(6,7)8)86-67(79)51-59(92-96(71(9,10)11,62-38-32-30-33-39-62)63-40-34-31-35-41-63)48-58-50-64(87-69(80)81)73(14,15)74(84-17,89-58)52-60(45-55(5)54-93(18,19)20)91-95(24-2,25-3)26-4/h30-35,37-41,43-44,47,57-61,64,68,82H,5,23-29,36,42,45-46,48-54H2,1-4,6-22H3,(H,80,81)/b43-37+,56-47+/t57-,58+,59+,60-,61+,64-,68-,74-,75+/m0/s1. The molecule has 2 saturated heterocycles. The number of allylic oxidation sites excluding steroid dienone is 1. The zero-order valence-electron chi connectivity index (χ0n) is 62.6. The largest absolute Gasteiger partial charge is 0.506 e. The van der Waals surface area contributed by atoms with Crippen LogP contribution in [0.3, 0.4) is 0 Å². The third-order valence-corrected chi connectivity index (χ3v) is 36.4. The molecule has 0 unspecified atom stereocenters. The van der Waals surface area contributed by atoms with Crippen molar-refractivity contribution in [3.8, 4) is 0 Å². The third-order valence-electron chi connectivity index (χ3n) is 20.5. The number of methoxy groups -OCH3 is 2. The molecule has 2 aliphatic heterocycles. The van der Waals surface area contributed by atoms with Gasteiger partial charge in [0.1, 0.15) is 18.5 Å². The molecule has 542 valence electrons. The second-order valence-corrected chi connectivity index (χ2v) is 51.1. The van der Waals surface area contributed by atoms with Crippen molar-refractivity contribution >= 4 is 73.7 Å². The van der Waals surface area contributed by atoms with E-state index in [0.717, 1.165) is 65.8 Å². The van der Waals surface area contributed by atoms with Gasteiger partial charge in [-0.1, -0.05) is 215 Å². The number of rotatable bonds is 38. The highest BCUT2D eigenvalue weighted by Gasteiger charge is 2.61. The van der Waals surface area contributed by atoms with Crippen molar-refractivity contribution in [3.63, 3.8) is 0 Å². The van der Waals surface area contributed by atoms with E-state index in [-0.39, 0.29) is 62.2 Å². The predicted octanol–water partition coefficient (Wildman–Crippen LogP) is 16.0. The number of benzene rings is 2. The molecule has 2 heterocycles. The Morgan fingerprint density at radius 2 is 1.30 bits per heavy atom. The van der Waals surface area contributed by atoms with Crippen LogP contribution in [0.4, 0.5) is 4.79 Å². The molecule has 0 spiro atoms. The molecule has 96 heavy (non-hydrogen) atoms. The summed E-state index contributed by atoms with van der Waals surface area (Å²) in [6.07, 6.45) is 1.09. The summed E-state index contributed by atoms with van der Waals surface area (Å²) in [5.74, 6) is -5.92. The van der Waals surface area contributed by atoms with E-state index in [2.05, 4.69) is 133 Å². The van der Waals surface area contributed by atoms with Crippen molar-refractivity contribution in [3.05, 3.63) is 96.6 Å². The SMILES string of the molecule is C=C(C[C@@H](C[C@]1(OC)O[C@H](C[C@H](CC(=O)O[C@@H](CO[Si](C)(C)C(C)(C)C)C[C@@H]2C/C(=C\C(=O)OC)[C@H](OC(=O)CCCCCCC)[C@](O)(C(C)(C)/C=C/C=O)O2)O[Si](c2ccccc2)(c2ccccc2)C(C)(C)C)C[C@H](OC(=O)O)C1(C)C)O[Si](CC)(CC)CC)C[Si](C)(C)C. The van der Waals surface area contributed by atoms with Gasteiger partial charge in [0.25, 0.3) is 8.32 Å². The zero-order valence-corrected chi connectivity index (χ0v) is 66.6. The van der Waals surface area contributed by atoms with Crippen LogP contribution in [0.1, 0.15) is 180 Å². The zero-order chi connectivity index (χ0) is 72.4. The fourth-order valence-electron chi connectivity index (χ4n) is 13.7. The highest BCUT2D eigenvalue weighted by Crippen LogP contribution is 2.52. The predicted molar refractivity (Wildman–Crippen MR) is 391 cm³/mol. The van der Waals surface area contributed by atoms with Gasteiger partial charge in [-0.25, -0.2) is 9.59 Å². The van der Waals surface area contributed by atoms with E-state index < -0.39 is 127 Å². The van der Waals surface area contributed by atoms with E-state index in [1.54, 1.807) is 21.0 Å². The topological polar surface area (TPSA) is 218 Å². The van der Waals surface area contributed by atoms with Gasteiger partial charge in [0.15, 0.2) is 28.5 Å². The minimum Gasteiger partial charge on any atom is -0.466 e. The minimum atomic E-state index is -3.54.